The van der Waals surface area contributed by atoms with E-state index in [-0.39, 0.29) is 30.0 Å². The molecule has 32 heavy (non-hydrogen) atoms. The molecule has 0 bridgehead atoms. The molecule has 170 valence electrons. The van der Waals surface area contributed by atoms with Gasteiger partial charge in [-0.3, -0.25) is 19.1 Å². The summed E-state index contributed by atoms with van der Waals surface area (Å²) in [4.78, 5) is 33.8. The molecule has 0 radical (unpaired) electrons. The number of aromatic amines is 1. The zero-order valence-corrected chi connectivity index (χ0v) is 18.1. The summed E-state index contributed by atoms with van der Waals surface area (Å²) < 4.78 is 26.1. The smallest absolute Gasteiger partial charge is 0.459 e. The van der Waals surface area contributed by atoms with Gasteiger partial charge in [0.25, 0.3) is 5.56 Å². The van der Waals surface area contributed by atoms with Crippen molar-refractivity contribution in [2.75, 3.05) is 12.3 Å². The number of aromatic nitrogens is 4. The Labute approximate surface area is 182 Å². The van der Waals surface area contributed by atoms with Crippen LogP contribution in [-0.2, 0) is 13.9 Å². The SMILES string of the molecule is C[C@H](NP(=O)(OC[C@H]1C[C@@H](n2cnc3c(=O)[nH]c(N)nc32)C1)Oc1ccccc1)C(=O)O. The number of nitrogens with zero attached hydrogens (tertiary/aromatic N) is 3. The van der Waals surface area contributed by atoms with E-state index in [1.54, 1.807) is 41.2 Å². The maximum absolute atomic E-state index is 13.2. The lowest BCUT2D eigenvalue weighted by Gasteiger charge is -2.36. The summed E-state index contributed by atoms with van der Waals surface area (Å²) in [6.07, 6.45) is 2.88. The van der Waals surface area contributed by atoms with Crippen molar-refractivity contribution in [1.82, 2.24) is 24.6 Å². The first-order valence-electron chi connectivity index (χ1n) is 9.96. The molecule has 2 heterocycles. The molecule has 4 rings (SSSR count). The molecule has 13 heteroatoms. The second-order valence-corrected chi connectivity index (χ2v) is 9.35. The number of imidazole rings is 1. The number of carboxylic acids is 1. The fourth-order valence-electron chi connectivity index (χ4n) is 3.48. The third kappa shape index (κ3) is 4.67. The number of anilines is 1. The molecule has 1 aromatic carbocycles. The monoisotopic (exact) mass is 462 g/mol. The molecule has 0 amide bonds. The molecule has 12 nitrogen and oxygen atoms in total. The summed E-state index contributed by atoms with van der Waals surface area (Å²) in [5.74, 6) is -0.818. The molecule has 0 aliphatic heterocycles. The van der Waals surface area contributed by atoms with E-state index >= 15 is 0 Å². The average molecular weight is 462 g/mol. The van der Waals surface area contributed by atoms with E-state index in [1.807, 2.05) is 0 Å². The topological polar surface area (TPSA) is 174 Å². The van der Waals surface area contributed by atoms with Gasteiger partial charge in [0.05, 0.1) is 12.9 Å². The summed E-state index contributed by atoms with van der Waals surface area (Å²) in [5.41, 5.74) is 5.86. The van der Waals surface area contributed by atoms with E-state index in [0.29, 0.717) is 24.2 Å². The molecule has 1 aliphatic rings. The fraction of sp³-hybridized carbons (Fsp3) is 0.368. The number of para-hydroxylation sites is 1. The lowest BCUT2D eigenvalue weighted by Crippen LogP contribution is -2.35. The van der Waals surface area contributed by atoms with Crippen molar-refractivity contribution >= 4 is 30.8 Å². The van der Waals surface area contributed by atoms with E-state index in [1.165, 1.54) is 6.92 Å². The Balaban J connectivity index is 1.41. The number of nitrogen functional groups attached to an aromatic ring is 1. The van der Waals surface area contributed by atoms with Crippen LogP contribution in [0.4, 0.5) is 5.95 Å². The van der Waals surface area contributed by atoms with Crippen LogP contribution in [0.2, 0.25) is 0 Å². The lowest BCUT2D eigenvalue weighted by molar-refractivity contribution is -0.138. The Morgan fingerprint density at radius 2 is 2.12 bits per heavy atom. The number of aliphatic carboxylic acids is 1. The van der Waals surface area contributed by atoms with Crippen LogP contribution >= 0.6 is 7.75 Å². The zero-order chi connectivity index (χ0) is 22.9. The number of nitrogens with one attached hydrogen (secondary N) is 2. The van der Waals surface area contributed by atoms with Gasteiger partial charge in [0, 0.05) is 6.04 Å². The van der Waals surface area contributed by atoms with Crippen molar-refractivity contribution in [1.29, 1.82) is 0 Å². The first-order chi connectivity index (χ1) is 15.2. The molecule has 3 aromatic rings. The van der Waals surface area contributed by atoms with Crippen LogP contribution in [0.1, 0.15) is 25.8 Å². The van der Waals surface area contributed by atoms with Crippen LogP contribution < -0.4 is 20.9 Å². The molecule has 5 N–H and O–H groups in total. The molecule has 1 fully saturated rings. The predicted octanol–water partition coefficient (Wildman–Crippen LogP) is 1.92. The normalized spacial score (nSPS) is 20.9. The largest absolute Gasteiger partial charge is 0.480 e. The summed E-state index contributed by atoms with van der Waals surface area (Å²) >= 11 is 0. The van der Waals surface area contributed by atoms with Gasteiger partial charge in [-0.05, 0) is 37.8 Å². The number of fused-ring (bicyclic) bond motifs is 1. The molecule has 2 aromatic heterocycles. The zero-order valence-electron chi connectivity index (χ0n) is 17.2. The number of carbonyl (C=O) groups is 1. The number of carboxylic acid groups (broad SMARTS) is 1. The number of rotatable bonds is 9. The molecule has 1 saturated carbocycles. The fourth-order valence-corrected chi connectivity index (χ4v) is 5.05. The van der Waals surface area contributed by atoms with E-state index in [2.05, 4.69) is 20.0 Å². The summed E-state index contributed by atoms with van der Waals surface area (Å²) in [7, 11) is -3.94. The van der Waals surface area contributed by atoms with Crippen molar-refractivity contribution < 1.29 is 23.5 Å². The van der Waals surface area contributed by atoms with E-state index in [0.717, 1.165) is 0 Å². The Morgan fingerprint density at radius 1 is 1.41 bits per heavy atom. The van der Waals surface area contributed by atoms with Gasteiger partial charge in [0.2, 0.25) is 5.95 Å². The van der Waals surface area contributed by atoms with Crippen LogP contribution in [0.15, 0.2) is 41.5 Å². The highest BCUT2D eigenvalue weighted by atomic mass is 31.2. The Kier molecular flexibility index (Phi) is 6.00. The highest BCUT2D eigenvalue weighted by molar-refractivity contribution is 7.52. The van der Waals surface area contributed by atoms with Gasteiger partial charge in [-0.1, -0.05) is 18.2 Å². The maximum Gasteiger partial charge on any atom is 0.459 e. The van der Waals surface area contributed by atoms with Gasteiger partial charge in [0.1, 0.15) is 11.8 Å². The van der Waals surface area contributed by atoms with Crippen LogP contribution in [0, 0.1) is 5.92 Å². The standard InChI is InChI=1S/C19H23N6O6P/c1-11(18(27)28)24-32(29,31-14-5-3-2-4-6-14)30-9-12-7-13(8-12)25-10-21-15-16(25)22-19(20)23-17(15)26/h2-6,10-13H,7-9H2,1H3,(H,24,29)(H,27,28)(H3,20,22,23,26)/t11-,12-,13+,32?/m0/s1. The van der Waals surface area contributed by atoms with Gasteiger partial charge < -0.3 is 19.9 Å². The van der Waals surface area contributed by atoms with Crippen LogP contribution in [0.25, 0.3) is 11.2 Å². The van der Waals surface area contributed by atoms with Crippen LogP contribution in [0.5, 0.6) is 5.75 Å². The lowest BCUT2D eigenvalue weighted by atomic mass is 9.81. The summed E-state index contributed by atoms with van der Waals surface area (Å²) in [6.45, 7) is 1.46. The number of hydrogen-bond acceptors (Lipinski definition) is 8. The average Bonchev–Trinajstić information content (AvgIpc) is 3.11. The van der Waals surface area contributed by atoms with Crippen LogP contribution in [0.3, 0.4) is 0 Å². The van der Waals surface area contributed by atoms with Crippen molar-refractivity contribution in [2.24, 2.45) is 5.92 Å². The number of H-pyrrole nitrogens is 1. The Bertz CT molecular complexity index is 1220. The van der Waals surface area contributed by atoms with Crippen molar-refractivity contribution in [2.45, 2.75) is 31.8 Å². The number of nitrogens with two attached hydrogens (primary N) is 1. The van der Waals surface area contributed by atoms with Gasteiger partial charge in [-0.25, -0.2) is 9.55 Å². The molecular weight excluding hydrogens is 439 g/mol. The number of benzene rings is 1. The first kappa shape index (κ1) is 22.0. The van der Waals surface area contributed by atoms with Gasteiger partial charge >= 0.3 is 13.7 Å². The second kappa shape index (κ2) is 8.73. The molecule has 0 spiro atoms. The Morgan fingerprint density at radius 3 is 2.81 bits per heavy atom. The molecule has 1 aliphatic carbocycles. The minimum absolute atomic E-state index is 0.0149. The minimum atomic E-state index is -3.94. The van der Waals surface area contributed by atoms with Crippen molar-refractivity contribution in [3.63, 3.8) is 0 Å². The quantitative estimate of drug-likeness (QED) is 0.344. The third-order valence-electron chi connectivity index (χ3n) is 5.23. The number of hydrogen-bond donors (Lipinski definition) is 4. The van der Waals surface area contributed by atoms with Gasteiger partial charge in [0.15, 0.2) is 11.2 Å². The van der Waals surface area contributed by atoms with E-state index < -0.39 is 25.3 Å². The summed E-state index contributed by atoms with van der Waals surface area (Å²) in [6, 6.07) is 7.29. The third-order valence-corrected chi connectivity index (χ3v) is 6.87. The summed E-state index contributed by atoms with van der Waals surface area (Å²) in [5, 5.41) is 11.6. The Hall–Kier alpha value is -3.21. The van der Waals surface area contributed by atoms with Gasteiger partial charge in [-0.15, -0.1) is 0 Å². The molecule has 1 unspecified atom stereocenters. The molecule has 0 saturated heterocycles. The van der Waals surface area contributed by atoms with Crippen LogP contribution in [-0.4, -0.2) is 43.2 Å². The van der Waals surface area contributed by atoms with Gasteiger partial charge in [-0.2, -0.15) is 10.1 Å². The minimum Gasteiger partial charge on any atom is -0.480 e. The van der Waals surface area contributed by atoms with E-state index in [9.17, 15) is 14.2 Å². The predicted molar refractivity (Wildman–Crippen MR) is 115 cm³/mol. The van der Waals surface area contributed by atoms with Crippen molar-refractivity contribution in [3.8, 4) is 5.75 Å². The molecular formula is C19H23N6O6P. The highest BCUT2D eigenvalue weighted by Crippen LogP contribution is 2.48. The highest BCUT2D eigenvalue weighted by Gasteiger charge is 2.37. The maximum atomic E-state index is 13.2. The molecule has 2 atom stereocenters. The second-order valence-electron chi connectivity index (χ2n) is 7.65. The van der Waals surface area contributed by atoms with E-state index in [4.69, 9.17) is 19.9 Å². The first-order valence-corrected chi connectivity index (χ1v) is 11.5. The van der Waals surface area contributed by atoms with Crippen molar-refractivity contribution in [3.05, 3.63) is 47.0 Å².